The first-order valence-electron chi connectivity index (χ1n) is 4.31. The third-order valence-electron chi connectivity index (χ3n) is 1.94. The van der Waals surface area contributed by atoms with Crippen LogP contribution in [0.15, 0.2) is 12.3 Å². The molecule has 0 spiro atoms. The monoisotopic (exact) mass is 169 g/mol. The van der Waals surface area contributed by atoms with Gasteiger partial charge in [-0.15, -0.1) is 0 Å². The molecule has 1 fully saturated rings. The van der Waals surface area contributed by atoms with Gasteiger partial charge in [0.05, 0.1) is 6.54 Å². The van der Waals surface area contributed by atoms with Crippen LogP contribution in [0.2, 0.25) is 0 Å². The van der Waals surface area contributed by atoms with Gasteiger partial charge in [0.1, 0.15) is 5.76 Å². The van der Waals surface area contributed by atoms with Gasteiger partial charge >= 0.3 is 0 Å². The molecule has 0 aromatic rings. The lowest BCUT2D eigenvalue weighted by Crippen LogP contribution is -2.32. The molecule has 0 saturated carbocycles. The molecule has 1 aliphatic rings. The largest absolute Gasteiger partial charge is 0.472 e. The van der Waals surface area contributed by atoms with Crippen LogP contribution in [0, 0.1) is 0 Å². The second-order valence-corrected chi connectivity index (χ2v) is 3.01. The van der Waals surface area contributed by atoms with E-state index < -0.39 is 0 Å². The van der Waals surface area contributed by atoms with Crippen LogP contribution in [0.25, 0.3) is 0 Å². The summed E-state index contributed by atoms with van der Waals surface area (Å²) < 4.78 is 5.18. The molecule has 0 aromatic heterocycles. The number of rotatable bonds is 4. The standard InChI is InChI=1S/C9H15NO2/c1-3-4-5-10-6-8(2)12-9(10)7-11/h7,9H,2-6H2,1H3. The summed E-state index contributed by atoms with van der Waals surface area (Å²) in [6.07, 6.45) is 2.67. The molecule has 0 N–H and O–H groups in total. The fourth-order valence-corrected chi connectivity index (χ4v) is 1.28. The summed E-state index contributed by atoms with van der Waals surface area (Å²) in [5, 5.41) is 0. The van der Waals surface area contributed by atoms with E-state index in [1.807, 2.05) is 4.90 Å². The molecule has 1 unspecified atom stereocenters. The molecule has 1 saturated heterocycles. The predicted octanol–water partition coefficient (Wildman–Crippen LogP) is 1.16. The van der Waals surface area contributed by atoms with Gasteiger partial charge in [-0.2, -0.15) is 0 Å². The number of aldehydes is 1. The topological polar surface area (TPSA) is 29.5 Å². The first-order chi connectivity index (χ1) is 5.77. The molecule has 1 atom stereocenters. The zero-order valence-corrected chi connectivity index (χ0v) is 7.45. The molecule has 12 heavy (non-hydrogen) atoms. The molecule has 1 rings (SSSR count). The van der Waals surface area contributed by atoms with Crippen molar-refractivity contribution in [3.05, 3.63) is 12.3 Å². The quantitative estimate of drug-likeness (QED) is 0.591. The molecule has 0 bridgehead atoms. The van der Waals surface area contributed by atoms with Crippen molar-refractivity contribution in [1.82, 2.24) is 4.90 Å². The third kappa shape index (κ3) is 2.08. The highest BCUT2D eigenvalue weighted by molar-refractivity contribution is 5.56. The highest BCUT2D eigenvalue weighted by atomic mass is 16.5. The summed E-state index contributed by atoms with van der Waals surface area (Å²) in [4.78, 5) is 12.5. The van der Waals surface area contributed by atoms with Crippen molar-refractivity contribution in [2.75, 3.05) is 13.1 Å². The lowest BCUT2D eigenvalue weighted by atomic mass is 10.3. The van der Waals surface area contributed by atoms with Gasteiger partial charge in [-0.1, -0.05) is 19.9 Å². The van der Waals surface area contributed by atoms with Crippen molar-refractivity contribution in [2.45, 2.75) is 26.0 Å². The summed E-state index contributed by atoms with van der Waals surface area (Å²) >= 11 is 0. The summed E-state index contributed by atoms with van der Waals surface area (Å²) in [7, 11) is 0. The number of hydrogen-bond acceptors (Lipinski definition) is 3. The van der Waals surface area contributed by atoms with Gasteiger partial charge in [0.15, 0.2) is 6.29 Å². The van der Waals surface area contributed by atoms with E-state index in [0.29, 0.717) is 12.3 Å². The highest BCUT2D eigenvalue weighted by Gasteiger charge is 2.26. The molecule has 3 nitrogen and oxygen atoms in total. The Balaban J connectivity index is 2.40. The van der Waals surface area contributed by atoms with Crippen LogP contribution in [0.1, 0.15) is 19.8 Å². The van der Waals surface area contributed by atoms with Crippen molar-refractivity contribution in [1.29, 1.82) is 0 Å². The Labute approximate surface area is 73.0 Å². The fraction of sp³-hybridized carbons (Fsp3) is 0.667. The molecule has 0 aromatic carbocycles. The van der Waals surface area contributed by atoms with Gasteiger partial charge in [-0.25, -0.2) is 0 Å². The van der Waals surface area contributed by atoms with Crippen LogP contribution in [0.4, 0.5) is 0 Å². The van der Waals surface area contributed by atoms with Gasteiger partial charge < -0.3 is 4.74 Å². The van der Waals surface area contributed by atoms with E-state index in [9.17, 15) is 4.79 Å². The molecular weight excluding hydrogens is 154 g/mol. The molecule has 3 heteroatoms. The van der Waals surface area contributed by atoms with Crippen LogP contribution in [-0.4, -0.2) is 30.5 Å². The second kappa shape index (κ2) is 4.26. The van der Waals surface area contributed by atoms with Crippen LogP contribution in [0.5, 0.6) is 0 Å². The number of carbonyl (C=O) groups is 1. The van der Waals surface area contributed by atoms with Crippen molar-refractivity contribution in [3.63, 3.8) is 0 Å². The summed E-state index contributed by atoms with van der Waals surface area (Å²) in [6.45, 7) is 7.43. The molecular formula is C9H15NO2. The fourth-order valence-electron chi connectivity index (χ4n) is 1.28. The Morgan fingerprint density at radius 1 is 1.83 bits per heavy atom. The van der Waals surface area contributed by atoms with Crippen LogP contribution in [-0.2, 0) is 9.53 Å². The minimum absolute atomic E-state index is 0.385. The number of unbranched alkanes of at least 4 members (excludes halogenated alkanes) is 1. The second-order valence-electron chi connectivity index (χ2n) is 3.01. The zero-order chi connectivity index (χ0) is 8.97. The van der Waals surface area contributed by atoms with Gasteiger partial charge in [0.2, 0.25) is 6.23 Å². The van der Waals surface area contributed by atoms with Crippen LogP contribution < -0.4 is 0 Å². The van der Waals surface area contributed by atoms with E-state index >= 15 is 0 Å². The molecule has 0 radical (unpaired) electrons. The Morgan fingerprint density at radius 3 is 3.17 bits per heavy atom. The van der Waals surface area contributed by atoms with Gasteiger partial charge in [-0.05, 0) is 6.42 Å². The summed E-state index contributed by atoms with van der Waals surface area (Å²) in [6, 6.07) is 0. The number of hydrogen-bond donors (Lipinski definition) is 0. The van der Waals surface area contributed by atoms with Gasteiger partial charge in [-0.3, -0.25) is 9.69 Å². The molecule has 68 valence electrons. The van der Waals surface area contributed by atoms with Gasteiger partial charge in [0.25, 0.3) is 0 Å². The highest BCUT2D eigenvalue weighted by Crippen LogP contribution is 2.16. The minimum atomic E-state index is -0.385. The normalized spacial score (nSPS) is 24.1. The van der Waals surface area contributed by atoms with E-state index in [4.69, 9.17) is 4.74 Å². The lowest BCUT2D eigenvalue weighted by Gasteiger charge is -2.15. The number of carbonyl (C=O) groups excluding carboxylic acids is 1. The lowest BCUT2D eigenvalue weighted by molar-refractivity contribution is -0.120. The van der Waals surface area contributed by atoms with E-state index in [0.717, 1.165) is 25.7 Å². The van der Waals surface area contributed by atoms with Crippen molar-refractivity contribution < 1.29 is 9.53 Å². The molecule has 0 aliphatic carbocycles. The SMILES string of the molecule is C=C1CN(CCCC)C(C=O)O1. The summed E-state index contributed by atoms with van der Waals surface area (Å²) in [5.41, 5.74) is 0. The van der Waals surface area contributed by atoms with Gasteiger partial charge in [0, 0.05) is 6.54 Å². The average molecular weight is 169 g/mol. The van der Waals surface area contributed by atoms with Crippen LogP contribution >= 0.6 is 0 Å². The maximum absolute atomic E-state index is 10.5. The molecule has 1 heterocycles. The first kappa shape index (κ1) is 9.26. The average Bonchev–Trinajstić information content (AvgIpc) is 2.42. The Hall–Kier alpha value is -0.830. The van der Waals surface area contributed by atoms with Crippen molar-refractivity contribution in [3.8, 4) is 0 Å². The number of ether oxygens (including phenoxy) is 1. The molecule has 1 aliphatic heterocycles. The van der Waals surface area contributed by atoms with E-state index in [1.54, 1.807) is 0 Å². The Morgan fingerprint density at radius 2 is 2.58 bits per heavy atom. The Kier molecular flexibility index (Phi) is 3.29. The van der Waals surface area contributed by atoms with Crippen LogP contribution in [0.3, 0.4) is 0 Å². The zero-order valence-electron chi connectivity index (χ0n) is 7.45. The van der Waals surface area contributed by atoms with E-state index in [-0.39, 0.29) is 6.23 Å². The maximum Gasteiger partial charge on any atom is 0.208 e. The van der Waals surface area contributed by atoms with E-state index in [2.05, 4.69) is 13.5 Å². The van der Waals surface area contributed by atoms with Crippen molar-refractivity contribution >= 4 is 6.29 Å². The predicted molar refractivity (Wildman–Crippen MR) is 46.6 cm³/mol. The maximum atomic E-state index is 10.5. The smallest absolute Gasteiger partial charge is 0.208 e. The summed E-state index contributed by atoms with van der Waals surface area (Å²) in [5.74, 6) is 0.697. The minimum Gasteiger partial charge on any atom is -0.472 e. The Bertz CT molecular complexity index is 179. The first-order valence-corrected chi connectivity index (χ1v) is 4.31. The molecule has 0 amide bonds. The van der Waals surface area contributed by atoms with Crippen molar-refractivity contribution in [2.24, 2.45) is 0 Å². The van der Waals surface area contributed by atoms with E-state index in [1.165, 1.54) is 0 Å². The number of nitrogens with zero attached hydrogens (tertiary/aromatic N) is 1. The third-order valence-corrected chi connectivity index (χ3v) is 1.94.